The summed E-state index contributed by atoms with van der Waals surface area (Å²) in [5.74, 6) is 0.0884. The lowest BCUT2D eigenvalue weighted by molar-refractivity contribution is 0.0603. The summed E-state index contributed by atoms with van der Waals surface area (Å²) in [6, 6.07) is 5.97. The van der Waals surface area contributed by atoms with Gasteiger partial charge < -0.3 is 10.2 Å². The topological polar surface area (TPSA) is 32.3 Å². The van der Waals surface area contributed by atoms with Crippen LogP contribution in [0.1, 0.15) is 24.2 Å². The van der Waals surface area contributed by atoms with E-state index in [-0.39, 0.29) is 24.4 Å². The summed E-state index contributed by atoms with van der Waals surface area (Å²) >= 11 is 8.13. The summed E-state index contributed by atoms with van der Waals surface area (Å²) in [5.41, 5.74) is 0.713. The lowest BCUT2D eigenvalue weighted by atomic mass is 10.1. The molecule has 1 heterocycles. The summed E-state index contributed by atoms with van der Waals surface area (Å²) < 4.78 is 0.913. The van der Waals surface area contributed by atoms with E-state index in [9.17, 15) is 4.79 Å². The van der Waals surface area contributed by atoms with E-state index in [2.05, 4.69) is 41.8 Å². The molecule has 0 radical (unpaired) electrons. The molecule has 2 atom stereocenters. The summed E-state index contributed by atoms with van der Waals surface area (Å²) in [6.07, 6.45) is 0. The molecule has 106 valence electrons. The molecule has 0 aromatic heterocycles. The number of piperazine rings is 1. The van der Waals surface area contributed by atoms with E-state index >= 15 is 0 Å². The van der Waals surface area contributed by atoms with Crippen molar-refractivity contribution in [2.45, 2.75) is 25.9 Å². The van der Waals surface area contributed by atoms with Gasteiger partial charge >= 0.3 is 0 Å². The average molecular weight is 415 g/mol. The van der Waals surface area contributed by atoms with Gasteiger partial charge in [0.2, 0.25) is 0 Å². The molecule has 1 aromatic carbocycles. The van der Waals surface area contributed by atoms with Crippen LogP contribution < -0.4 is 5.32 Å². The average Bonchev–Trinajstić information content (AvgIpc) is 2.35. The zero-order chi connectivity index (χ0) is 13.3. The highest BCUT2D eigenvalue weighted by molar-refractivity contribution is 14.1. The summed E-state index contributed by atoms with van der Waals surface area (Å²) in [5, 5.41) is 4.06. The van der Waals surface area contributed by atoms with Crippen LogP contribution in [0.15, 0.2) is 18.2 Å². The quantitative estimate of drug-likeness (QED) is 0.715. The third-order valence-corrected chi connectivity index (χ3v) is 5.00. The van der Waals surface area contributed by atoms with Gasteiger partial charge in [-0.2, -0.15) is 0 Å². The molecule has 1 amide bonds. The Labute approximate surface area is 138 Å². The standard InChI is InChI=1S/C13H16ClIN2O.ClH/c1-8-9(2)17(6-5-16-8)13(18)10-3-4-11(14)12(15)7-10;/h3-4,7-9,16H,5-6H2,1-2H3;1H. The van der Waals surface area contributed by atoms with E-state index in [1.54, 1.807) is 12.1 Å². The van der Waals surface area contributed by atoms with E-state index in [0.29, 0.717) is 16.6 Å². The Bertz CT molecular complexity index is 470. The maximum atomic E-state index is 12.5. The molecular formula is C13H17Cl2IN2O. The Morgan fingerprint density at radius 3 is 2.79 bits per heavy atom. The van der Waals surface area contributed by atoms with Gasteiger partial charge in [0.15, 0.2) is 0 Å². The number of hydrogen-bond donors (Lipinski definition) is 1. The van der Waals surface area contributed by atoms with Crippen molar-refractivity contribution in [3.05, 3.63) is 32.4 Å². The van der Waals surface area contributed by atoms with Gasteiger partial charge in [-0.25, -0.2) is 0 Å². The number of hydrogen-bond acceptors (Lipinski definition) is 2. The van der Waals surface area contributed by atoms with Crippen LogP contribution in [-0.2, 0) is 0 Å². The molecule has 2 rings (SSSR count). The molecule has 19 heavy (non-hydrogen) atoms. The highest BCUT2D eigenvalue weighted by atomic mass is 127. The molecule has 6 heteroatoms. The normalized spacial score (nSPS) is 22.8. The monoisotopic (exact) mass is 414 g/mol. The number of rotatable bonds is 1. The number of halogens is 3. The lowest BCUT2D eigenvalue weighted by Gasteiger charge is -2.38. The van der Waals surface area contributed by atoms with E-state index in [1.807, 2.05) is 11.0 Å². The SMILES string of the molecule is CC1NCCN(C(=O)c2ccc(Cl)c(I)c2)C1C.Cl. The van der Waals surface area contributed by atoms with Crippen molar-refractivity contribution in [1.82, 2.24) is 10.2 Å². The Hall–Kier alpha value is -0.0400. The fourth-order valence-electron chi connectivity index (χ4n) is 2.14. The van der Waals surface area contributed by atoms with Crippen LogP contribution in [0.4, 0.5) is 0 Å². The van der Waals surface area contributed by atoms with Gasteiger partial charge in [-0.05, 0) is 54.6 Å². The Kier molecular flexibility index (Phi) is 6.36. The minimum absolute atomic E-state index is 0. The molecule has 0 aliphatic carbocycles. The first-order valence-electron chi connectivity index (χ1n) is 6.00. The Morgan fingerprint density at radius 1 is 1.47 bits per heavy atom. The third kappa shape index (κ3) is 3.74. The molecule has 1 N–H and O–H groups in total. The highest BCUT2D eigenvalue weighted by Gasteiger charge is 2.28. The third-order valence-electron chi connectivity index (χ3n) is 3.46. The zero-order valence-corrected chi connectivity index (χ0v) is 14.6. The number of amides is 1. The van der Waals surface area contributed by atoms with Gasteiger partial charge in [0.25, 0.3) is 5.91 Å². The van der Waals surface area contributed by atoms with Crippen LogP contribution in [0, 0.1) is 3.57 Å². The van der Waals surface area contributed by atoms with Crippen LogP contribution in [0.3, 0.4) is 0 Å². The molecule has 0 spiro atoms. The van der Waals surface area contributed by atoms with Gasteiger partial charge in [-0.3, -0.25) is 4.79 Å². The van der Waals surface area contributed by atoms with Crippen LogP contribution in [0.2, 0.25) is 5.02 Å². The molecule has 1 fully saturated rings. The van der Waals surface area contributed by atoms with Crippen LogP contribution in [0.5, 0.6) is 0 Å². The van der Waals surface area contributed by atoms with Gasteiger partial charge in [0.1, 0.15) is 0 Å². The largest absolute Gasteiger partial charge is 0.333 e. The fourth-order valence-corrected chi connectivity index (χ4v) is 2.77. The number of carbonyl (C=O) groups excluding carboxylic acids is 1. The van der Waals surface area contributed by atoms with Crippen LogP contribution in [-0.4, -0.2) is 36.0 Å². The van der Waals surface area contributed by atoms with Crippen LogP contribution in [0.25, 0.3) is 0 Å². The molecule has 1 aliphatic heterocycles. The summed E-state index contributed by atoms with van der Waals surface area (Å²) in [4.78, 5) is 14.4. The van der Waals surface area contributed by atoms with Gasteiger partial charge in [0, 0.05) is 34.3 Å². The minimum Gasteiger partial charge on any atom is -0.333 e. The molecule has 1 saturated heterocycles. The smallest absolute Gasteiger partial charge is 0.254 e. The Balaban J connectivity index is 0.00000180. The number of nitrogens with zero attached hydrogens (tertiary/aromatic N) is 1. The van der Waals surface area contributed by atoms with E-state index < -0.39 is 0 Å². The first-order valence-corrected chi connectivity index (χ1v) is 7.46. The molecule has 0 saturated carbocycles. The molecular weight excluding hydrogens is 398 g/mol. The lowest BCUT2D eigenvalue weighted by Crippen LogP contribution is -2.57. The van der Waals surface area contributed by atoms with Gasteiger partial charge in [0.05, 0.1) is 5.02 Å². The summed E-state index contributed by atoms with van der Waals surface area (Å²) in [6.45, 7) is 5.79. The second kappa shape index (κ2) is 7.11. The minimum atomic E-state index is 0. The number of nitrogens with one attached hydrogen (secondary N) is 1. The number of carbonyl (C=O) groups is 1. The first kappa shape index (κ1) is 17.0. The van der Waals surface area contributed by atoms with Gasteiger partial charge in [-0.15, -0.1) is 12.4 Å². The first-order chi connectivity index (χ1) is 8.50. The fraction of sp³-hybridized carbons (Fsp3) is 0.462. The van der Waals surface area contributed by atoms with Gasteiger partial charge in [-0.1, -0.05) is 11.6 Å². The van der Waals surface area contributed by atoms with Crippen molar-refractivity contribution in [3.63, 3.8) is 0 Å². The van der Waals surface area contributed by atoms with E-state index in [1.165, 1.54) is 0 Å². The van der Waals surface area contributed by atoms with Crippen molar-refractivity contribution in [3.8, 4) is 0 Å². The van der Waals surface area contributed by atoms with Crippen molar-refractivity contribution >= 4 is 52.5 Å². The second-order valence-corrected chi connectivity index (χ2v) is 6.18. The van der Waals surface area contributed by atoms with Crippen LogP contribution >= 0.6 is 46.6 Å². The van der Waals surface area contributed by atoms with E-state index in [4.69, 9.17) is 11.6 Å². The van der Waals surface area contributed by atoms with Crippen molar-refractivity contribution in [2.24, 2.45) is 0 Å². The molecule has 1 aromatic rings. The number of benzene rings is 1. The molecule has 2 unspecified atom stereocenters. The second-order valence-electron chi connectivity index (χ2n) is 4.61. The molecule has 0 bridgehead atoms. The van der Waals surface area contributed by atoms with Crippen molar-refractivity contribution in [1.29, 1.82) is 0 Å². The predicted octanol–water partition coefficient (Wildman–Crippen LogP) is 3.19. The van der Waals surface area contributed by atoms with Crippen molar-refractivity contribution < 1.29 is 4.79 Å². The maximum absolute atomic E-state index is 12.5. The molecule has 3 nitrogen and oxygen atoms in total. The zero-order valence-electron chi connectivity index (χ0n) is 10.8. The predicted molar refractivity (Wildman–Crippen MR) is 89.4 cm³/mol. The maximum Gasteiger partial charge on any atom is 0.254 e. The Morgan fingerprint density at radius 2 is 2.16 bits per heavy atom. The van der Waals surface area contributed by atoms with E-state index in [0.717, 1.165) is 16.7 Å². The van der Waals surface area contributed by atoms with Crippen molar-refractivity contribution in [2.75, 3.05) is 13.1 Å². The highest BCUT2D eigenvalue weighted by Crippen LogP contribution is 2.21. The molecule has 1 aliphatic rings. The summed E-state index contributed by atoms with van der Waals surface area (Å²) in [7, 11) is 0.